The lowest BCUT2D eigenvalue weighted by Gasteiger charge is -2.19. The van der Waals surface area contributed by atoms with E-state index in [2.05, 4.69) is 21.2 Å². The SMILES string of the molecule is O=C(OCc1ccc(Br)cc1)N1CCCNCC1. The third kappa shape index (κ3) is 3.99. The highest BCUT2D eigenvalue weighted by molar-refractivity contribution is 9.10. The number of carbonyl (C=O) groups excluding carboxylic acids is 1. The lowest BCUT2D eigenvalue weighted by molar-refractivity contribution is 0.0984. The summed E-state index contributed by atoms with van der Waals surface area (Å²) in [4.78, 5) is 13.6. The molecule has 98 valence electrons. The zero-order valence-electron chi connectivity index (χ0n) is 10.2. The summed E-state index contributed by atoms with van der Waals surface area (Å²) in [6.45, 7) is 3.63. The maximum atomic E-state index is 11.9. The van der Waals surface area contributed by atoms with Gasteiger partial charge in [-0.15, -0.1) is 0 Å². The molecule has 0 unspecified atom stereocenters. The topological polar surface area (TPSA) is 41.6 Å². The number of benzene rings is 1. The zero-order chi connectivity index (χ0) is 12.8. The van der Waals surface area contributed by atoms with Crippen LogP contribution in [0.25, 0.3) is 0 Å². The Bertz CT molecular complexity index is 386. The number of hydrogen-bond acceptors (Lipinski definition) is 3. The second kappa shape index (κ2) is 6.75. The molecule has 1 fully saturated rings. The first-order chi connectivity index (χ1) is 8.75. The summed E-state index contributed by atoms with van der Waals surface area (Å²) in [5, 5.41) is 3.26. The van der Waals surface area contributed by atoms with Crippen molar-refractivity contribution in [3.05, 3.63) is 34.3 Å². The van der Waals surface area contributed by atoms with Gasteiger partial charge in [0.2, 0.25) is 0 Å². The Hall–Kier alpha value is -1.07. The number of carbonyl (C=O) groups is 1. The molecule has 1 aliphatic rings. The second-order valence-electron chi connectivity index (χ2n) is 4.27. The van der Waals surface area contributed by atoms with Crippen LogP contribution in [-0.4, -0.2) is 37.2 Å². The van der Waals surface area contributed by atoms with Crippen molar-refractivity contribution in [2.24, 2.45) is 0 Å². The van der Waals surface area contributed by atoms with Gasteiger partial charge >= 0.3 is 6.09 Å². The standard InChI is InChI=1S/C13H17BrN2O2/c14-12-4-2-11(3-5-12)10-18-13(17)16-8-1-6-15-7-9-16/h2-5,15H,1,6-10H2. The number of ether oxygens (including phenoxy) is 1. The van der Waals surface area contributed by atoms with Crippen LogP contribution in [-0.2, 0) is 11.3 Å². The molecule has 0 aromatic heterocycles. The van der Waals surface area contributed by atoms with E-state index >= 15 is 0 Å². The van der Waals surface area contributed by atoms with Crippen LogP contribution in [0.2, 0.25) is 0 Å². The number of halogens is 1. The molecule has 1 heterocycles. The van der Waals surface area contributed by atoms with Crippen LogP contribution >= 0.6 is 15.9 Å². The van der Waals surface area contributed by atoms with Gasteiger partial charge in [-0.1, -0.05) is 28.1 Å². The Morgan fingerprint density at radius 3 is 2.83 bits per heavy atom. The van der Waals surface area contributed by atoms with Crippen LogP contribution in [0.5, 0.6) is 0 Å². The van der Waals surface area contributed by atoms with Gasteiger partial charge in [-0.3, -0.25) is 0 Å². The summed E-state index contributed by atoms with van der Waals surface area (Å²) in [6.07, 6.45) is 0.759. The van der Waals surface area contributed by atoms with Gasteiger partial charge in [0.1, 0.15) is 6.61 Å². The molecule has 18 heavy (non-hydrogen) atoms. The number of amides is 1. The third-order valence-corrected chi connectivity index (χ3v) is 3.40. The molecule has 0 saturated carbocycles. The van der Waals surface area contributed by atoms with Gasteiger partial charge in [-0.2, -0.15) is 0 Å². The summed E-state index contributed by atoms with van der Waals surface area (Å²) in [6, 6.07) is 7.78. The molecule has 0 atom stereocenters. The molecular weight excluding hydrogens is 296 g/mol. The van der Waals surface area contributed by atoms with Gasteiger partial charge in [-0.05, 0) is 30.7 Å². The molecule has 0 radical (unpaired) electrons. The summed E-state index contributed by atoms with van der Waals surface area (Å²) >= 11 is 3.37. The second-order valence-corrected chi connectivity index (χ2v) is 5.19. The van der Waals surface area contributed by atoms with Crippen LogP contribution in [0.3, 0.4) is 0 Å². The van der Waals surface area contributed by atoms with Gasteiger partial charge in [0.05, 0.1) is 0 Å². The predicted molar refractivity (Wildman–Crippen MR) is 73.4 cm³/mol. The van der Waals surface area contributed by atoms with E-state index < -0.39 is 0 Å². The van der Waals surface area contributed by atoms with E-state index in [4.69, 9.17) is 4.74 Å². The summed E-state index contributed by atoms with van der Waals surface area (Å²) in [7, 11) is 0. The Balaban J connectivity index is 1.81. The molecule has 2 rings (SSSR count). The molecule has 1 amide bonds. The van der Waals surface area contributed by atoms with E-state index in [-0.39, 0.29) is 6.09 Å². The monoisotopic (exact) mass is 312 g/mol. The first-order valence-electron chi connectivity index (χ1n) is 6.12. The van der Waals surface area contributed by atoms with Crippen LogP contribution in [0.15, 0.2) is 28.7 Å². The minimum atomic E-state index is -0.221. The molecule has 1 N–H and O–H groups in total. The van der Waals surface area contributed by atoms with E-state index in [1.54, 1.807) is 4.90 Å². The largest absolute Gasteiger partial charge is 0.445 e. The number of nitrogens with one attached hydrogen (secondary N) is 1. The summed E-state index contributed by atoms with van der Waals surface area (Å²) in [5.41, 5.74) is 1.000. The van der Waals surface area contributed by atoms with Crippen molar-refractivity contribution >= 4 is 22.0 Å². The normalized spacial score (nSPS) is 16.2. The van der Waals surface area contributed by atoms with Crippen molar-refractivity contribution in [2.45, 2.75) is 13.0 Å². The van der Waals surface area contributed by atoms with Crippen molar-refractivity contribution in [3.8, 4) is 0 Å². The first-order valence-corrected chi connectivity index (χ1v) is 6.92. The fourth-order valence-electron chi connectivity index (χ4n) is 1.85. The van der Waals surface area contributed by atoms with Crippen LogP contribution in [0.1, 0.15) is 12.0 Å². The Kier molecular flexibility index (Phi) is 5.01. The maximum Gasteiger partial charge on any atom is 0.410 e. The van der Waals surface area contributed by atoms with Crippen LogP contribution < -0.4 is 5.32 Å². The molecule has 1 aromatic carbocycles. The highest BCUT2D eigenvalue weighted by atomic mass is 79.9. The number of rotatable bonds is 2. The zero-order valence-corrected chi connectivity index (χ0v) is 11.8. The van der Waals surface area contributed by atoms with E-state index in [1.807, 2.05) is 24.3 Å². The molecule has 4 nitrogen and oxygen atoms in total. The lowest BCUT2D eigenvalue weighted by Crippen LogP contribution is -2.34. The molecule has 0 bridgehead atoms. The van der Waals surface area contributed by atoms with Crippen molar-refractivity contribution in [2.75, 3.05) is 26.2 Å². The first kappa shape index (κ1) is 13.4. The quantitative estimate of drug-likeness (QED) is 0.911. The Labute approximate surface area is 115 Å². The van der Waals surface area contributed by atoms with Crippen molar-refractivity contribution in [1.82, 2.24) is 10.2 Å². The van der Waals surface area contributed by atoms with Crippen LogP contribution in [0.4, 0.5) is 4.79 Å². The minimum absolute atomic E-state index is 0.221. The average molecular weight is 313 g/mol. The minimum Gasteiger partial charge on any atom is -0.445 e. The Morgan fingerprint density at radius 1 is 1.28 bits per heavy atom. The number of hydrogen-bond donors (Lipinski definition) is 1. The smallest absolute Gasteiger partial charge is 0.410 e. The molecule has 1 saturated heterocycles. The lowest BCUT2D eigenvalue weighted by atomic mass is 10.2. The van der Waals surface area contributed by atoms with Crippen molar-refractivity contribution in [3.63, 3.8) is 0 Å². The van der Waals surface area contributed by atoms with Gasteiger partial charge in [0, 0.05) is 24.1 Å². The van der Waals surface area contributed by atoms with E-state index in [0.717, 1.165) is 42.6 Å². The highest BCUT2D eigenvalue weighted by Gasteiger charge is 2.16. The van der Waals surface area contributed by atoms with Gasteiger partial charge in [-0.25, -0.2) is 4.79 Å². The molecule has 0 spiro atoms. The average Bonchev–Trinajstić information content (AvgIpc) is 2.66. The molecule has 0 aliphatic carbocycles. The number of nitrogens with zero attached hydrogens (tertiary/aromatic N) is 1. The van der Waals surface area contributed by atoms with Crippen LogP contribution in [0, 0.1) is 0 Å². The highest BCUT2D eigenvalue weighted by Crippen LogP contribution is 2.11. The van der Waals surface area contributed by atoms with E-state index in [9.17, 15) is 4.79 Å². The molecule has 5 heteroatoms. The van der Waals surface area contributed by atoms with Crippen molar-refractivity contribution in [1.29, 1.82) is 0 Å². The predicted octanol–water partition coefficient (Wildman–Crippen LogP) is 2.38. The van der Waals surface area contributed by atoms with Gasteiger partial charge in [0.25, 0.3) is 0 Å². The molecule has 1 aromatic rings. The fourth-order valence-corrected chi connectivity index (χ4v) is 2.11. The van der Waals surface area contributed by atoms with Crippen molar-refractivity contribution < 1.29 is 9.53 Å². The maximum absolute atomic E-state index is 11.9. The fraction of sp³-hybridized carbons (Fsp3) is 0.462. The van der Waals surface area contributed by atoms with Gasteiger partial charge in [0.15, 0.2) is 0 Å². The van der Waals surface area contributed by atoms with E-state index in [1.165, 1.54) is 0 Å². The molecular formula is C13H17BrN2O2. The molecule has 1 aliphatic heterocycles. The summed E-state index contributed by atoms with van der Waals surface area (Å²) in [5.74, 6) is 0. The third-order valence-electron chi connectivity index (χ3n) is 2.87. The summed E-state index contributed by atoms with van der Waals surface area (Å²) < 4.78 is 6.33. The Morgan fingerprint density at radius 2 is 2.06 bits per heavy atom. The van der Waals surface area contributed by atoms with E-state index in [0.29, 0.717) is 6.61 Å². The van der Waals surface area contributed by atoms with Gasteiger partial charge < -0.3 is 15.0 Å².